The van der Waals surface area contributed by atoms with E-state index in [0.717, 1.165) is 25.3 Å². The van der Waals surface area contributed by atoms with Crippen molar-refractivity contribution in [3.8, 4) is 5.75 Å². The van der Waals surface area contributed by atoms with Crippen LogP contribution >= 0.6 is 0 Å². The molecular formula is C15H11F4NO4. The molecule has 0 aliphatic carbocycles. The molecule has 1 amide bonds. The number of carboxylic acids is 1. The van der Waals surface area contributed by atoms with Gasteiger partial charge >= 0.3 is 12.1 Å². The molecule has 9 heteroatoms. The number of fused-ring (bicyclic) bond motifs is 1. The highest BCUT2D eigenvalue weighted by molar-refractivity contribution is 6.09. The quantitative estimate of drug-likeness (QED) is 0.836. The zero-order valence-electron chi connectivity index (χ0n) is 12.2. The van der Waals surface area contributed by atoms with E-state index in [-0.39, 0.29) is 5.39 Å². The lowest BCUT2D eigenvalue weighted by molar-refractivity contribution is -0.137. The number of hydrogen-bond acceptors (Lipinski definition) is 3. The van der Waals surface area contributed by atoms with Gasteiger partial charge in [0.1, 0.15) is 23.7 Å². The summed E-state index contributed by atoms with van der Waals surface area (Å²) in [4.78, 5) is 22.5. The van der Waals surface area contributed by atoms with Crippen molar-refractivity contribution in [1.29, 1.82) is 0 Å². The molecule has 0 saturated heterocycles. The Kier molecular flexibility index (Phi) is 4.63. The lowest BCUT2D eigenvalue weighted by Crippen LogP contribution is -2.30. The Labute approximate surface area is 132 Å². The maximum absolute atomic E-state index is 14.0. The molecule has 0 aliphatic heterocycles. The van der Waals surface area contributed by atoms with Gasteiger partial charge in [0.2, 0.25) is 0 Å². The van der Waals surface area contributed by atoms with Crippen molar-refractivity contribution >= 4 is 22.6 Å². The highest BCUT2D eigenvalue weighted by Gasteiger charge is 2.37. The van der Waals surface area contributed by atoms with Crippen LogP contribution in [0.5, 0.6) is 5.75 Å². The van der Waals surface area contributed by atoms with E-state index in [1.165, 1.54) is 0 Å². The molecule has 2 aromatic rings. The van der Waals surface area contributed by atoms with Gasteiger partial charge in [0.15, 0.2) is 0 Å². The molecule has 0 radical (unpaired) electrons. The average Bonchev–Trinajstić information content (AvgIpc) is 2.50. The second-order valence-corrected chi connectivity index (χ2v) is 4.73. The summed E-state index contributed by atoms with van der Waals surface area (Å²) in [5.74, 6) is -4.04. The van der Waals surface area contributed by atoms with Crippen molar-refractivity contribution in [1.82, 2.24) is 5.32 Å². The zero-order chi connectivity index (χ0) is 18.1. The number of ether oxygens (including phenoxy) is 1. The van der Waals surface area contributed by atoms with Crippen molar-refractivity contribution < 1.29 is 37.0 Å². The molecule has 0 atom stereocenters. The number of benzene rings is 2. The van der Waals surface area contributed by atoms with Gasteiger partial charge in [0.25, 0.3) is 5.91 Å². The van der Waals surface area contributed by atoms with Crippen molar-refractivity contribution in [2.24, 2.45) is 0 Å². The second-order valence-electron chi connectivity index (χ2n) is 4.73. The van der Waals surface area contributed by atoms with E-state index in [4.69, 9.17) is 9.84 Å². The summed E-state index contributed by atoms with van der Waals surface area (Å²) in [5.41, 5.74) is -1.81. The number of carbonyl (C=O) groups excluding carboxylic acids is 1. The summed E-state index contributed by atoms with van der Waals surface area (Å²) in [6, 6.07) is 3.69. The minimum absolute atomic E-state index is 0.300. The minimum atomic E-state index is -4.79. The van der Waals surface area contributed by atoms with Crippen LogP contribution in [-0.2, 0) is 11.0 Å². The topological polar surface area (TPSA) is 75.6 Å². The number of rotatable bonds is 4. The molecule has 5 nitrogen and oxygen atoms in total. The molecule has 2 aromatic carbocycles. The van der Waals surface area contributed by atoms with E-state index < -0.39 is 52.7 Å². The van der Waals surface area contributed by atoms with E-state index in [1.807, 2.05) is 5.32 Å². The van der Waals surface area contributed by atoms with Gasteiger partial charge in [0.05, 0.1) is 12.7 Å². The first-order chi connectivity index (χ1) is 11.2. The van der Waals surface area contributed by atoms with Crippen LogP contribution in [0.1, 0.15) is 15.9 Å². The van der Waals surface area contributed by atoms with Crippen LogP contribution in [0.3, 0.4) is 0 Å². The predicted molar refractivity (Wildman–Crippen MR) is 75.4 cm³/mol. The van der Waals surface area contributed by atoms with Crippen molar-refractivity contribution in [3.63, 3.8) is 0 Å². The largest absolute Gasteiger partial charge is 0.496 e. The molecular weight excluding hydrogens is 334 g/mol. The first-order valence-electron chi connectivity index (χ1n) is 6.53. The fraction of sp³-hybridized carbons (Fsp3) is 0.200. The summed E-state index contributed by atoms with van der Waals surface area (Å²) in [6.45, 7) is -0.795. The Hall–Kier alpha value is -2.84. The molecule has 2 N–H and O–H groups in total. The maximum atomic E-state index is 14.0. The van der Waals surface area contributed by atoms with E-state index >= 15 is 0 Å². The van der Waals surface area contributed by atoms with Gasteiger partial charge in [-0.3, -0.25) is 9.59 Å². The molecule has 0 heterocycles. The number of nitrogens with one attached hydrogen (secondary N) is 1. The predicted octanol–water partition coefficient (Wildman–Crippen LogP) is 2.82. The van der Waals surface area contributed by atoms with Crippen molar-refractivity contribution in [3.05, 3.63) is 41.2 Å². The Morgan fingerprint density at radius 3 is 2.33 bits per heavy atom. The summed E-state index contributed by atoms with van der Waals surface area (Å²) in [5, 5.41) is 9.74. The third kappa shape index (κ3) is 3.24. The molecule has 0 aliphatic rings. The van der Waals surface area contributed by atoms with Gasteiger partial charge in [-0.15, -0.1) is 0 Å². The van der Waals surface area contributed by atoms with Gasteiger partial charge in [-0.2, -0.15) is 13.2 Å². The number of halogens is 4. The monoisotopic (exact) mass is 345 g/mol. The standard InChI is InChI=1S/C15H11F4NO4/c1-24-10-5-3-7-8(13(10)15(17,18)19)2-4-9(16)12(7)14(23)20-6-11(21)22/h2-5H,6H2,1H3,(H,20,23)(H,21,22). The van der Waals surface area contributed by atoms with Gasteiger partial charge in [-0.25, -0.2) is 4.39 Å². The lowest BCUT2D eigenvalue weighted by atomic mass is 9.98. The third-order valence-electron chi connectivity index (χ3n) is 3.24. The highest BCUT2D eigenvalue weighted by Crippen LogP contribution is 2.42. The maximum Gasteiger partial charge on any atom is 0.420 e. The minimum Gasteiger partial charge on any atom is -0.496 e. The van der Waals surface area contributed by atoms with Gasteiger partial charge in [0, 0.05) is 0 Å². The van der Waals surface area contributed by atoms with E-state index in [1.54, 1.807) is 0 Å². The number of alkyl halides is 3. The Bertz CT molecular complexity index is 817. The second kappa shape index (κ2) is 6.34. The van der Waals surface area contributed by atoms with Crippen LogP contribution < -0.4 is 10.1 Å². The molecule has 128 valence electrons. The Morgan fingerprint density at radius 1 is 1.17 bits per heavy atom. The van der Waals surface area contributed by atoms with Gasteiger partial charge in [-0.05, 0) is 29.0 Å². The zero-order valence-corrected chi connectivity index (χ0v) is 12.2. The summed E-state index contributed by atoms with van der Waals surface area (Å²) < 4.78 is 58.6. The smallest absolute Gasteiger partial charge is 0.420 e. The third-order valence-corrected chi connectivity index (χ3v) is 3.24. The number of methoxy groups -OCH3 is 1. The summed E-state index contributed by atoms with van der Waals surface area (Å²) >= 11 is 0. The molecule has 0 saturated carbocycles. The van der Waals surface area contributed by atoms with Crippen LogP contribution in [0.2, 0.25) is 0 Å². The fourth-order valence-electron chi connectivity index (χ4n) is 2.30. The number of hydrogen-bond donors (Lipinski definition) is 2. The normalized spacial score (nSPS) is 11.4. The van der Waals surface area contributed by atoms with Crippen LogP contribution in [0.4, 0.5) is 17.6 Å². The molecule has 0 aromatic heterocycles. The molecule has 0 fully saturated rings. The Morgan fingerprint density at radius 2 is 1.79 bits per heavy atom. The lowest BCUT2D eigenvalue weighted by Gasteiger charge is -2.16. The number of amides is 1. The van der Waals surface area contributed by atoms with E-state index in [0.29, 0.717) is 6.07 Å². The van der Waals surface area contributed by atoms with E-state index in [9.17, 15) is 27.2 Å². The average molecular weight is 345 g/mol. The van der Waals surface area contributed by atoms with Crippen LogP contribution in [-0.4, -0.2) is 30.6 Å². The molecule has 0 bridgehead atoms. The molecule has 24 heavy (non-hydrogen) atoms. The fourth-order valence-corrected chi connectivity index (χ4v) is 2.30. The van der Waals surface area contributed by atoms with Crippen molar-refractivity contribution in [2.45, 2.75) is 6.18 Å². The van der Waals surface area contributed by atoms with E-state index in [2.05, 4.69) is 0 Å². The summed E-state index contributed by atoms with van der Waals surface area (Å²) in [6.07, 6.45) is -4.79. The highest BCUT2D eigenvalue weighted by atomic mass is 19.4. The molecule has 0 spiro atoms. The van der Waals surface area contributed by atoms with Crippen LogP contribution in [0.25, 0.3) is 10.8 Å². The summed E-state index contributed by atoms with van der Waals surface area (Å²) in [7, 11) is 1.06. The van der Waals surface area contributed by atoms with Crippen molar-refractivity contribution in [2.75, 3.05) is 13.7 Å². The Balaban J connectivity index is 2.72. The first kappa shape index (κ1) is 17.5. The SMILES string of the molecule is COc1ccc2c(C(=O)NCC(=O)O)c(F)ccc2c1C(F)(F)F. The van der Waals surface area contributed by atoms with Crippen LogP contribution in [0, 0.1) is 5.82 Å². The molecule has 2 rings (SSSR count). The number of aliphatic carboxylic acids is 1. The van der Waals surface area contributed by atoms with Gasteiger partial charge in [-0.1, -0.05) is 6.07 Å². The first-order valence-corrected chi connectivity index (χ1v) is 6.53. The number of carboxylic acid groups (broad SMARTS) is 1. The van der Waals surface area contributed by atoms with Gasteiger partial charge < -0.3 is 15.2 Å². The molecule has 0 unspecified atom stereocenters. The van der Waals surface area contributed by atoms with Crippen LogP contribution in [0.15, 0.2) is 24.3 Å². The number of carbonyl (C=O) groups is 2.